The van der Waals surface area contributed by atoms with Crippen LogP contribution in [0.4, 0.5) is 29.7 Å². The van der Waals surface area contributed by atoms with Crippen molar-refractivity contribution in [3.63, 3.8) is 0 Å². The van der Waals surface area contributed by atoms with E-state index in [2.05, 4.69) is 35.3 Å². The van der Waals surface area contributed by atoms with Crippen molar-refractivity contribution in [3.8, 4) is 5.88 Å². The highest BCUT2D eigenvalue weighted by atomic mass is 32.1. The molecule has 1 amide bonds. The number of hydrogen-bond donors (Lipinski definition) is 3. The molecule has 3 N–H and O–H groups in total. The van der Waals surface area contributed by atoms with Gasteiger partial charge in [-0.05, 0) is 50.5 Å². The zero-order valence-electron chi connectivity index (χ0n) is 17.4. The van der Waals surface area contributed by atoms with E-state index in [0.29, 0.717) is 23.5 Å². The number of anilines is 3. The number of pyridine rings is 1. The Morgan fingerprint density at radius 3 is 2.70 bits per heavy atom. The fourth-order valence-corrected chi connectivity index (χ4v) is 4.00. The lowest BCUT2D eigenvalue weighted by Gasteiger charge is -2.23. The van der Waals surface area contributed by atoms with Crippen molar-refractivity contribution in [2.45, 2.75) is 32.0 Å². The third kappa shape index (κ3) is 5.73. The minimum absolute atomic E-state index is 0.103. The Balaban J connectivity index is 1.44. The lowest BCUT2D eigenvalue weighted by molar-refractivity contribution is -0.141. The molecule has 0 spiro atoms. The third-order valence-corrected chi connectivity index (χ3v) is 5.68. The van der Waals surface area contributed by atoms with Gasteiger partial charge in [-0.1, -0.05) is 0 Å². The summed E-state index contributed by atoms with van der Waals surface area (Å²) in [6, 6.07) is 3.34. The van der Waals surface area contributed by atoms with Gasteiger partial charge in [0.1, 0.15) is 16.9 Å². The molecule has 0 aliphatic carbocycles. The highest BCUT2D eigenvalue weighted by Crippen LogP contribution is 2.31. The molecule has 174 valence electrons. The molecule has 0 radical (unpaired) electrons. The standard InChI is InChI=1S/C20H20F3N7O2S/c1-11-17(19(33-30-11)29-15-10-25-9-14(28-15)20(21,22)23)18(31)27-12-2-3-16(26-8-12)32-13-4-6-24-7-5-13/h2-3,8-10,13,24H,4-7H2,1H3,(H,27,31)(H,28,29). The van der Waals surface area contributed by atoms with Crippen LogP contribution < -0.4 is 20.7 Å². The summed E-state index contributed by atoms with van der Waals surface area (Å²) in [4.78, 5) is 24.2. The van der Waals surface area contributed by atoms with Crippen molar-refractivity contribution in [1.82, 2.24) is 24.6 Å². The van der Waals surface area contributed by atoms with E-state index in [1.807, 2.05) is 0 Å². The first kappa shape index (κ1) is 22.9. The molecule has 1 saturated heterocycles. The molecular formula is C20H20F3N7O2S. The van der Waals surface area contributed by atoms with Gasteiger partial charge in [-0.15, -0.1) is 0 Å². The maximum atomic E-state index is 12.9. The number of nitrogens with zero attached hydrogens (tertiary/aromatic N) is 4. The Morgan fingerprint density at radius 2 is 2.00 bits per heavy atom. The molecular weight excluding hydrogens is 459 g/mol. The number of carbonyl (C=O) groups is 1. The number of aryl methyl sites for hydroxylation is 1. The largest absolute Gasteiger partial charge is 0.474 e. The summed E-state index contributed by atoms with van der Waals surface area (Å²) >= 11 is 0.933. The molecule has 0 bridgehead atoms. The van der Waals surface area contributed by atoms with Gasteiger partial charge in [-0.25, -0.2) is 9.97 Å². The summed E-state index contributed by atoms with van der Waals surface area (Å²) in [5.74, 6) is -0.167. The predicted molar refractivity (Wildman–Crippen MR) is 116 cm³/mol. The highest BCUT2D eigenvalue weighted by molar-refractivity contribution is 7.10. The highest BCUT2D eigenvalue weighted by Gasteiger charge is 2.33. The first-order chi connectivity index (χ1) is 15.8. The van der Waals surface area contributed by atoms with Gasteiger partial charge in [0.15, 0.2) is 5.69 Å². The zero-order valence-corrected chi connectivity index (χ0v) is 18.3. The van der Waals surface area contributed by atoms with E-state index in [0.717, 1.165) is 43.7 Å². The Hall–Kier alpha value is -3.32. The van der Waals surface area contributed by atoms with Crippen LogP contribution in [-0.2, 0) is 6.18 Å². The Bertz CT molecular complexity index is 1120. The van der Waals surface area contributed by atoms with E-state index in [4.69, 9.17) is 4.74 Å². The summed E-state index contributed by atoms with van der Waals surface area (Å²) in [7, 11) is 0. The summed E-state index contributed by atoms with van der Waals surface area (Å²) in [6.45, 7) is 3.42. The van der Waals surface area contributed by atoms with Gasteiger partial charge in [-0.2, -0.15) is 17.5 Å². The van der Waals surface area contributed by atoms with Crippen molar-refractivity contribution < 1.29 is 22.7 Å². The number of nitrogens with one attached hydrogen (secondary N) is 3. The van der Waals surface area contributed by atoms with Gasteiger partial charge in [0.05, 0.1) is 35.5 Å². The average Bonchev–Trinajstić information content (AvgIpc) is 3.15. The molecule has 4 rings (SSSR count). The van der Waals surface area contributed by atoms with Crippen LogP contribution in [-0.4, -0.2) is 44.4 Å². The van der Waals surface area contributed by atoms with Crippen LogP contribution in [0.2, 0.25) is 0 Å². The predicted octanol–water partition coefficient (Wildman–Crippen LogP) is 3.78. The first-order valence-corrected chi connectivity index (χ1v) is 10.8. The number of hydrogen-bond acceptors (Lipinski definition) is 9. The molecule has 1 aliphatic rings. The molecule has 0 unspecified atom stereocenters. The van der Waals surface area contributed by atoms with E-state index in [9.17, 15) is 18.0 Å². The summed E-state index contributed by atoms with van der Waals surface area (Å²) in [6.07, 6.45) is 0.512. The molecule has 4 heterocycles. The van der Waals surface area contributed by atoms with Crippen LogP contribution in [0.15, 0.2) is 30.7 Å². The summed E-state index contributed by atoms with van der Waals surface area (Å²) in [5, 5.41) is 8.94. The maximum absolute atomic E-state index is 12.9. The van der Waals surface area contributed by atoms with E-state index < -0.39 is 17.8 Å². The Morgan fingerprint density at radius 1 is 1.21 bits per heavy atom. The molecule has 0 aromatic carbocycles. The fraction of sp³-hybridized carbons (Fsp3) is 0.350. The average molecular weight is 479 g/mol. The van der Waals surface area contributed by atoms with Crippen LogP contribution in [0.5, 0.6) is 5.88 Å². The topological polar surface area (TPSA) is 114 Å². The van der Waals surface area contributed by atoms with Crippen LogP contribution >= 0.6 is 11.5 Å². The molecule has 0 atom stereocenters. The molecule has 3 aromatic rings. The molecule has 13 heteroatoms. The van der Waals surface area contributed by atoms with Gasteiger partial charge in [0.2, 0.25) is 5.88 Å². The maximum Gasteiger partial charge on any atom is 0.434 e. The normalized spacial score (nSPS) is 14.7. The zero-order chi connectivity index (χ0) is 23.4. The minimum atomic E-state index is -4.63. The van der Waals surface area contributed by atoms with Crippen LogP contribution in [0.25, 0.3) is 0 Å². The van der Waals surface area contributed by atoms with Crippen molar-refractivity contribution in [1.29, 1.82) is 0 Å². The Kier molecular flexibility index (Phi) is 6.70. The molecule has 9 nitrogen and oxygen atoms in total. The first-order valence-electron chi connectivity index (χ1n) is 10.1. The van der Waals surface area contributed by atoms with Crippen LogP contribution in [0.1, 0.15) is 34.6 Å². The van der Waals surface area contributed by atoms with Gasteiger partial charge < -0.3 is 20.7 Å². The lowest BCUT2D eigenvalue weighted by atomic mass is 10.1. The monoisotopic (exact) mass is 479 g/mol. The quantitative estimate of drug-likeness (QED) is 0.490. The van der Waals surface area contributed by atoms with E-state index >= 15 is 0 Å². The van der Waals surface area contributed by atoms with Gasteiger partial charge in [-0.3, -0.25) is 9.78 Å². The van der Waals surface area contributed by atoms with E-state index in [1.165, 1.54) is 6.20 Å². The van der Waals surface area contributed by atoms with Gasteiger partial charge in [0, 0.05) is 6.07 Å². The second kappa shape index (κ2) is 9.67. The number of carbonyl (C=O) groups excluding carboxylic acids is 1. The summed E-state index contributed by atoms with van der Waals surface area (Å²) < 4.78 is 48.7. The Labute approximate surface area is 191 Å². The van der Waals surface area contributed by atoms with Crippen LogP contribution in [0, 0.1) is 6.92 Å². The number of piperidine rings is 1. The number of amides is 1. The second-order valence-electron chi connectivity index (χ2n) is 7.29. The molecule has 1 fully saturated rings. The lowest BCUT2D eigenvalue weighted by Crippen LogP contribution is -2.34. The SMILES string of the molecule is Cc1nsc(Nc2cncc(C(F)(F)F)n2)c1C(=O)Nc1ccc(OC2CCNCC2)nc1. The van der Waals surface area contributed by atoms with Crippen molar-refractivity contribution >= 4 is 33.9 Å². The number of halogens is 3. The number of rotatable bonds is 6. The summed E-state index contributed by atoms with van der Waals surface area (Å²) in [5.41, 5.74) is -0.0984. The molecule has 1 aliphatic heterocycles. The van der Waals surface area contributed by atoms with Crippen molar-refractivity contribution in [2.75, 3.05) is 23.7 Å². The number of ether oxygens (including phenoxy) is 1. The van der Waals surface area contributed by atoms with E-state index in [-0.39, 0.29) is 22.5 Å². The van der Waals surface area contributed by atoms with Gasteiger partial charge >= 0.3 is 6.18 Å². The smallest absolute Gasteiger partial charge is 0.434 e. The van der Waals surface area contributed by atoms with Crippen molar-refractivity contribution in [3.05, 3.63) is 47.7 Å². The van der Waals surface area contributed by atoms with E-state index in [1.54, 1.807) is 19.1 Å². The molecule has 0 saturated carbocycles. The minimum Gasteiger partial charge on any atom is -0.474 e. The third-order valence-electron chi connectivity index (χ3n) is 4.82. The van der Waals surface area contributed by atoms with Gasteiger partial charge in [0.25, 0.3) is 5.91 Å². The molecule has 33 heavy (non-hydrogen) atoms. The second-order valence-corrected chi connectivity index (χ2v) is 8.06. The fourth-order valence-electron chi connectivity index (χ4n) is 3.20. The van der Waals surface area contributed by atoms with Crippen LogP contribution in [0.3, 0.4) is 0 Å². The molecule has 3 aromatic heterocycles. The number of aromatic nitrogens is 4. The van der Waals surface area contributed by atoms with Crippen molar-refractivity contribution in [2.24, 2.45) is 0 Å². The number of alkyl halides is 3.